The summed E-state index contributed by atoms with van der Waals surface area (Å²) in [5.74, 6) is -1.41. The van der Waals surface area contributed by atoms with Gasteiger partial charge in [0.1, 0.15) is 0 Å². The third-order valence-corrected chi connectivity index (χ3v) is 2.37. The molecule has 0 aliphatic heterocycles. The predicted molar refractivity (Wildman–Crippen MR) is 58.2 cm³/mol. The van der Waals surface area contributed by atoms with Gasteiger partial charge in [-0.05, 0) is 25.6 Å². The van der Waals surface area contributed by atoms with Crippen LogP contribution in [0.3, 0.4) is 0 Å². The molecule has 0 bridgehead atoms. The molecule has 3 N–H and O–H groups in total. The normalized spacial score (nSPS) is 12.6. The van der Waals surface area contributed by atoms with E-state index in [1.54, 1.807) is 14.0 Å². The molecule has 1 rings (SSSR count). The number of methoxy groups -OCH3 is 1. The monoisotopic (exact) mass is 229 g/mol. The number of ether oxygens (including phenoxy) is 1. The number of hydrogen-bond donors (Lipinski definition) is 3. The molecule has 1 aromatic carbocycles. The van der Waals surface area contributed by atoms with E-state index < -0.39 is 17.7 Å². The summed E-state index contributed by atoms with van der Waals surface area (Å²) in [6, 6.07) is 1.51. The van der Waals surface area contributed by atoms with Crippen molar-refractivity contribution in [3.05, 3.63) is 23.0 Å². The van der Waals surface area contributed by atoms with Crippen LogP contribution in [0.25, 0.3) is 0 Å². The number of aliphatic hydroxyl groups is 1. The van der Waals surface area contributed by atoms with Gasteiger partial charge in [0.15, 0.2) is 11.5 Å². The zero-order valence-electron chi connectivity index (χ0n) is 9.54. The lowest BCUT2D eigenvalue weighted by molar-refractivity contribution is 0.172. The van der Waals surface area contributed by atoms with Crippen molar-refractivity contribution in [2.45, 2.75) is 13.0 Å². The number of likely N-dealkylation sites (N-methyl/N-ethyl adjacent to an activating group) is 1. The van der Waals surface area contributed by atoms with Crippen LogP contribution in [0.1, 0.15) is 17.2 Å². The van der Waals surface area contributed by atoms with Gasteiger partial charge in [-0.3, -0.25) is 0 Å². The van der Waals surface area contributed by atoms with Gasteiger partial charge in [-0.1, -0.05) is 0 Å². The second-order valence-corrected chi connectivity index (χ2v) is 3.55. The van der Waals surface area contributed by atoms with E-state index in [1.165, 1.54) is 13.2 Å². The number of nitrogens with one attached hydrogen (secondary N) is 1. The first-order valence-corrected chi connectivity index (χ1v) is 4.91. The lowest BCUT2D eigenvalue weighted by Gasteiger charge is -2.16. The molecule has 90 valence electrons. The van der Waals surface area contributed by atoms with Crippen LogP contribution >= 0.6 is 0 Å². The van der Waals surface area contributed by atoms with Crippen LogP contribution in [0, 0.1) is 12.7 Å². The Labute approximate surface area is 93.7 Å². The first kappa shape index (κ1) is 12.7. The van der Waals surface area contributed by atoms with Gasteiger partial charge in [0.25, 0.3) is 0 Å². The molecule has 5 heteroatoms. The Morgan fingerprint density at radius 1 is 1.56 bits per heavy atom. The van der Waals surface area contributed by atoms with Crippen LogP contribution in [-0.2, 0) is 0 Å². The van der Waals surface area contributed by atoms with Gasteiger partial charge in [0.05, 0.1) is 13.2 Å². The number of benzene rings is 1. The van der Waals surface area contributed by atoms with Crippen LogP contribution in [-0.4, -0.2) is 30.9 Å². The van der Waals surface area contributed by atoms with Gasteiger partial charge < -0.3 is 20.3 Å². The van der Waals surface area contributed by atoms with Gasteiger partial charge in [0, 0.05) is 12.1 Å². The molecule has 0 spiro atoms. The summed E-state index contributed by atoms with van der Waals surface area (Å²) in [6.45, 7) is 1.88. The molecule has 1 aromatic rings. The Morgan fingerprint density at radius 2 is 2.19 bits per heavy atom. The summed E-state index contributed by atoms with van der Waals surface area (Å²) in [7, 11) is 2.99. The molecular formula is C11H16FNO3. The van der Waals surface area contributed by atoms with Crippen LogP contribution < -0.4 is 10.1 Å². The van der Waals surface area contributed by atoms with Crippen LogP contribution in [0.2, 0.25) is 0 Å². The fourth-order valence-electron chi connectivity index (χ4n) is 1.58. The van der Waals surface area contributed by atoms with Gasteiger partial charge >= 0.3 is 0 Å². The molecule has 1 atom stereocenters. The molecule has 0 saturated heterocycles. The molecule has 0 fully saturated rings. The molecule has 1 unspecified atom stereocenters. The Bertz CT molecular complexity index is 382. The highest BCUT2D eigenvalue weighted by Crippen LogP contribution is 2.35. The number of phenolic OH excluding ortho intramolecular Hbond substituents is 1. The van der Waals surface area contributed by atoms with E-state index in [0.717, 1.165) is 0 Å². The van der Waals surface area contributed by atoms with Crippen molar-refractivity contribution in [2.75, 3.05) is 20.7 Å². The summed E-state index contributed by atoms with van der Waals surface area (Å²) in [6.07, 6.45) is -0.955. The summed E-state index contributed by atoms with van der Waals surface area (Å²) in [4.78, 5) is 0. The van der Waals surface area contributed by atoms with Crippen molar-refractivity contribution >= 4 is 0 Å². The smallest absolute Gasteiger partial charge is 0.207 e. The van der Waals surface area contributed by atoms with E-state index in [2.05, 4.69) is 5.32 Å². The van der Waals surface area contributed by atoms with Crippen LogP contribution in [0.4, 0.5) is 4.39 Å². The highest BCUT2D eigenvalue weighted by atomic mass is 19.1. The number of hydrogen-bond acceptors (Lipinski definition) is 4. The summed E-state index contributed by atoms with van der Waals surface area (Å²) in [5.41, 5.74) is 0.688. The van der Waals surface area contributed by atoms with E-state index in [1.807, 2.05) is 0 Å². The van der Waals surface area contributed by atoms with Crippen molar-refractivity contribution in [1.29, 1.82) is 0 Å². The maximum Gasteiger partial charge on any atom is 0.207 e. The molecule has 0 radical (unpaired) electrons. The van der Waals surface area contributed by atoms with Crippen molar-refractivity contribution in [3.8, 4) is 11.5 Å². The van der Waals surface area contributed by atoms with Crippen molar-refractivity contribution in [2.24, 2.45) is 0 Å². The summed E-state index contributed by atoms with van der Waals surface area (Å²) in [5, 5.41) is 22.0. The molecule has 0 saturated carbocycles. The molecule has 0 amide bonds. The first-order valence-electron chi connectivity index (χ1n) is 4.91. The minimum Gasteiger partial charge on any atom is -0.504 e. The average Bonchev–Trinajstić information content (AvgIpc) is 2.24. The Kier molecular flexibility index (Phi) is 4.09. The standard InChI is InChI=1S/C11H16FNO3/c1-6-4-7(8(14)5-13-2)10(15)9(12)11(6)16-3/h4,8,13-15H,5H2,1-3H3. The van der Waals surface area contributed by atoms with E-state index >= 15 is 0 Å². The van der Waals surface area contributed by atoms with E-state index in [4.69, 9.17) is 4.74 Å². The molecule has 0 heterocycles. The number of aromatic hydroxyl groups is 1. The highest BCUT2D eigenvalue weighted by molar-refractivity contribution is 5.48. The number of phenols is 1. The fraction of sp³-hybridized carbons (Fsp3) is 0.455. The maximum atomic E-state index is 13.6. The Balaban J connectivity index is 3.22. The number of halogens is 1. The van der Waals surface area contributed by atoms with Crippen molar-refractivity contribution in [1.82, 2.24) is 5.32 Å². The van der Waals surface area contributed by atoms with Crippen LogP contribution in [0.5, 0.6) is 11.5 Å². The summed E-state index contributed by atoms with van der Waals surface area (Å²) >= 11 is 0. The van der Waals surface area contributed by atoms with E-state index in [0.29, 0.717) is 5.56 Å². The Hall–Kier alpha value is -1.33. The number of aliphatic hydroxyl groups excluding tert-OH is 1. The van der Waals surface area contributed by atoms with E-state index in [9.17, 15) is 14.6 Å². The highest BCUT2D eigenvalue weighted by Gasteiger charge is 2.20. The molecule has 16 heavy (non-hydrogen) atoms. The molecule has 4 nitrogen and oxygen atoms in total. The topological polar surface area (TPSA) is 61.7 Å². The average molecular weight is 229 g/mol. The van der Waals surface area contributed by atoms with Crippen molar-refractivity contribution < 1.29 is 19.3 Å². The van der Waals surface area contributed by atoms with E-state index in [-0.39, 0.29) is 17.9 Å². The van der Waals surface area contributed by atoms with Gasteiger partial charge in [0.2, 0.25) is 5.82 Å². The van der Waals surface area contributed by atoms with Crippen LogP contribution in [0.15, 0.2) is 6.07 Å². The minimum absolute atomic E-state index is 0.00194. The predicted octanol–water partition coefficient (Wildman–Crippen LogP) is 1.10. The molecule has 0 aromatic heterocycles. The SMILES string of the molecule is CNCC(O)c1cc(C)c(OC)c(F)c1O. The van der Waals surface area contributed by atoms with Gasteiger partial charge in [-0.15, -0.1) is 0 Å². The molecular weight excluding hydrogens is 213 g/mol. The largest absolute Gasteiger partial charge is 0.504 e. The quantitative estimate of drug-likeness (QED) is 0.723. The minimum atomic E-state index is -0.955. The molecule has 0 aliphatic rings. The fourth-order valence-corrected chi connectivity index (χ4v) is 1.58. The lowest BCUT2D eigenvalue weighted by atomic mass is 10.0. The third-order valence-electron chi connectivity index (χ3n) is 2.37. The summed E-state index contributed by atoms with van der Waals surface area (Å²) < 4.78 is 18.4. The second kappa shape index (κ2) is 5.14. The van der Waals surface area contributed by atoms with Crippen molar-refractivity contribution in [3.63, 3.8) is 0 Å². The maximum absolute atomic E-state index is 13.6. The zero-order valence-corrected chi connectivity index (χ0v) is 9.54. The lowest BCUT2D eigenvalue weighted by Crippen LogP contribution is -2.17. The third kappa shape index (κ3) is 2.25. The number of aryl methyl sites for hydroxylation is 1. The van der Waals surface area contributed by atoms with Gasteiger partial charge in [-0.25, -0.2) is 0 Å². The van der Waals surface area contributed by atoms with Gasteiger partial charge in [-0.2, -0.15) is 4.39 Å². The first-order chi connectivity index (χ1) is 7.52. The second-order valence-electron chi connectivity index (χ2n) is 3.55. The zero-order chi connectivity index (χ0) is 12.3. The number of rotatable bonds is 4. The Morgan fingerprint density at radius 3 is 2.69 bits per heavy atom. The molecule has 0 aliphatic carbocycles.